The molecule has 0 amide bonds. The zero-order valence-corrected chi connectivity index (χ0v) is 11.8. The molecule has 0 spiro atoms. The van der Waals surface area contributed by atoms with Crippen molar-refractivity contribution in [1.82, 2.24) is 0 Å². The second-order valence-corrected chi connectivity index (χ2v) is 4.78. The second-order valence-electron chi connectivity index (χ2n) is 4.78. The summed E-state index contributed by atoms with van der Waals surface area (Å²) in [6, 6.07) is 16.7. The van der Waals surface area contributed by atoms with Crippen LogP contribution >= 0.6 is 0 Å². The molecule has 3 heteroatoms. The minimum absolute atomic E-state index is 0.677. The van der Waals surface area contributed by atoms with Crippen LogP contribution in [0.4, 0.5) is 5.69 Å². The molecule has 3 nitrogen and oxygen atoms in total. The van der Waals surface area contributed by atoms with E-state index in [0.717, 1.165) is 17.7 Å². The first-order valence-electron chi connectivity index (χ1n) is 6.73. The normalized spacial score (nSPS) is 11.9. The Morgan fingerprint density at radius 3 is 2.20 bits per heavy atom. The lowest BCUT2D eigenvalue weighted by atomic mass is 10.0. The number of carbonyl (C=O) groups is 1. The van der Waals surface area contributed by atoms with Gasteiger partial charge in [-0.2, -0.15) is 0 Å². The van der Waals surface area contributed by atoms with Gasteiger partial charge in [-0.05, 0) is 29.7 Å². The minimum atomic E-state index is -0.847. The van der Waals surface area contributed by atoms with Crippen LogP contribution < -0.4 is 4.90 Å². The molecule has 0 saturated heterocycles. The number of rotatable bonds is 5. The molecular weight excluding hydrogens is 250 g/mol. The Hall–Kier alpha value is -2.29. The van der Waals surface area contributed by atoms with Gasteiger partial charge in [-0.1, -0.05) is 49.4 Å². The van der Waals surface area contributed by atoms with Crippen molar-refractivity contribution in [2.24, 2.45) is 0 Å². The summed E-state index contributed by atoms with van der Waals surface area (Å²) in [4.78, 5) is 13.4. The van der Waals surface area contributed by atoms with Gasteiger partial charge in [-0.15, -0.1) is 0 Å². The summed E-state index contributed by atoms with van der Waals surface area (Å²) in [5.74, 6) is -0.847. The van der Waals surface area contributed by atoms with Gasteiger partial charge in [0.05, 0.1) is 0 Å². The van der Waals surface area contributed by atoms with Crippen LogP contribution in [0.1, 0.15) is 24.1 Å². The maximum atomic E-state index is 11.6. The number of aliphatic carboxylic acids is 1. The van der Waals surface area contributed by atoms with Gasteiger partial charge >= 0.3 is 5.97 Å². The van der Waals surface area contributed by atoms with Crippen molar-refractivity contribution in [1.29, 1.82) is 0 Å². The lowest BCUT2D eigenvalue weighted by molar-refractivity contribution is -0.138. The monoisotopic (exact) mass is 269 g/mol. The van der Waals surface area contributed by atoms with Crippen molar-refractivity contribution in [2.75, 3.05) is 11.9 Å². The first kappa shape index (κ1) is 14.1. The Morgan fingerprint density at radius 1 is 1.10 bits per heavy atom. The molecule has 0 aliphatic heterocycles. The molecule has 0 aliphatic rings. The number of hydrogen-bond donors (Lipinski definition) is 1. The maximum Gasteiger partial charge on any atom is 0.331 e. The van der Waals surface area contributed by atoms with E-state index in [0.29, 0.717) is 0 Å². The number of hydrogen-bond acceptors (Lipinski definition) is 2. The number of carboxylic acids is 1. The molecule has 0 aliphatic carbocycles. The summed E-state index contributed by atoms with van der Waals surface area (Å²) in [5, 5.41) is 9.54. The number of benzene rings is 2. The van der Waals surface area contributed by atoms with Crippen molar-refractivity contribution in [3.8, 4) is 0 Å². The molecule has 104 valence electrons. The lowest BCUT2D eigenvalue weighted by Gasteiger charge is -2.27. The highest BCUT2D eigenvalue weighted by Crippen LogP contribution is 2.26. The van der Waals surface area contributed by atoms with Crippen LogP contribution in [0.15, 0.2) is 54.6 Å². The number of likely N-dealkylation sites (N-methyl/N-ethyl adjacent to an activating group) is 1. The molecule has 2 aromatic rings. The fraction of sp³-hybridized carbons (Fsp3) is 0.235. The third kappa shape index (κ3) is 2.99. The van der Waals surface area contributed by atoms with Crippen LogP contribution in [-0.4, -0.2) is 18.1 Å². The number of anilines is 1. The number of nitrogens with zero attached hydrogens (tertiary/aromatic N) is 1. The van der Waals surface area contributed by atoms with Gasteiger partial charge in [0, 0.05) is 12.7 Å². The summed E-state index contributed by atoms with van der Waals surface area (Å²) in [6.07, 6.45) is 0.951. The fourth-order valence-corrected chi connectivity index (χ4v) is 2.28. The molecule has 1 atom stereocenters. The highest BCUT2D eigenvalue weighted by atomic mass is 16.4. The molecule has 0 saturated carbocycles. The molecule has 1 N–H and O–H groups in total. The van der Waals surface area contributed by atoms with E-state index in [2.05, 4.69) is 6.92 Å². The number of para-hydroxylation sites is 1. The van der Waals surface area contributed by atoms with Gasteiger partial charge in [0.15, 0.2) is 6.04 Å². The average Bonchev–Trinajstić information content (AvgIpc) is 2.48. The Labute approximate surface area is 119 Å². The third-order valence-electron chi connectivity index (χ3n) is 3.49. The first-order valence-corrected chi connectivity index (χ1v) is 6.73. The second kappa shape index (κ2) is 6.24. The highest BCUT2D eigenvalue weighted by Gasteiger charge is 2.24. The van der Waals surface area contributed by atoms with E-state index in [-0.39, 0.29) is 0 Å². The van der Waals surface area contributed by atoms with Gasteiger partial charge in [-0.3, -0.25) is 0 Å². The largest absolute Gasteiger partial charge is 0.479 e. The Kier molecular flexibility index (Phi) is 4.41. The predicted octanol–water partition coefficient (Wildman–Crippen LogP) is 3.51. The standard InChI is InChI=1S/C17H19NO2/c1-3-13-9-11-14(12-10-13)16(17(19)20)18(2)15-7-5-4-6-8-15/h4-12,16H,3H2,1-2H3,(H,19,20). The van der Waals surface area contributed by atoms with Crippen LogP contribution in [-0.2, 0) is 11.2 Å². The Morgan fingerprint density at radius 2 is 1.70 bits per heavy atom. The van der Waals surface area contributed by atoms with Crippen molar-refractivity contribution in [2.45, 2.75) is 19.4 Å². The summed E-state index contributed by atoms with van der Waals surface area (Å²) in [6.45, 7) is 2.08. The highest BCUT2D eigenvalue weighted by molar-refractivity contribution is 5.80. The third-order valence-corrected chi connectivity index (χ3v) is 3.49. The molecule has 1 unspecified atom stereocenters. The molecule has 0 heterocycles. The summed E-state index contributed by atoms with van der Waals surface area (Å²) in [7, 11) is 1.81. The van der Waals surface area contributed by atoms with E-state index in [4.69, 9.17) is 0 Å². The average molecular weight is 269 g/mol. The van der Waals surface area contributed by atoms with E-state index in [9.17, 15) is 9.90 Å². The van der Waals surface area contributed by atoms with Gasteiger partial charge in [-0.25, -0.2) is 4.79 Å². The topological polar surface area (TPSA) is 40.5 Å². The zero-order valence-electron chi connectivity index (χ0n) is 11.8. The molecule has 0 radical (unpaired) electrons. The minimum Gasteiger partial charge on any atom is -0.479 e. The quantitative estimate of drug-likeness (QED) is 0.903. The molecule has 20 heavy (non-hydrogen) atoms. The predicted molar refractivity (Wildman–Crippen MR) is 81.0 cm³/mol. The number of carboxylic acid groups (broad SMARTS) is 1. The first-order chi connectivity index (χ1) is 9.63. The van der Waals surface area contributed by atoms with Gasteiger partial charge in [0.25, 0.3) is 0 Å². The van der Waals surface area contributed by atoms with E-state index < -0.39 is 12.0 Å². The number of aryl methyl sites for hydroxylation is 1. The maximum absolute atomic E-state index is 11.6. The van der Waals surface area contributed by atoms with E-state index in [1.807, 2.05) is 61.6 Å². The molecule has 2 aromatic carbocycles. The van der Waals surface area contributed by atoms with Crippen molar-refractivity contribution < 1.29 is 9.90 Å². The van der Waals surface area contributed by atoms with Crippen molar-refractivity contribution in [3.05, 3.63) is 65.7 Å². The van der Waals surface area contributed by atoms with Crippen LogP contribution in [0.2, 0.25) is 0 Å². The van der Waals surface area contributed by atoms with Crippen LogP contribution in [0, 0.1) is 0 Å². The van der Waals surface area contributed by atoms with E-state index >= 15 is 0 Å². The summed E-state index contributed by atoms with van der Waals surface area (Å²) in [5.41, 5.74) is 2.89. The van der Waals surface area contributed by atoms with Gasteiger partial charge in [0.2, 0.25) is 0 Å². The van der Waals surface area contributed by atoms with Gasteiger partial charge < -0.3 is 10.0 Å². The van der Waals surface area contributed by atoms with Crippen LogP contribution in [0.25, 0.3) is 0 Å². The molecule has 0 bridgehead atoms. The SMILES string of the molecule is CCc1ccc(C(C(=O)O)N(C)c2ccccc2)cc1. The summed E-state index contributed by atoms with van der Waals surface area (Å²) < 4.78 is 0. The van der Waals surface area contributed by atoms with Crippen molar-refractivity contribution >= 4 is 11.7 Å². The lowest BCUT2D eigenvalue weighted by Crippen LogP contribution is -2.30. The zero-order chi connectivity index (χ0) is 14.5. The Balaban J connectivity index is 2.33. The van der Waals surface area contributed by atoms with Crippen molar-refractivity contribution in [3.63, 3.8) is 0 Å². The van der Waals surface area contributed by atoms with Crippen LogP contribution in [0.3, 0.4) is 0 Å². The van der Waals surface area contributed by atoms with E-state index in [1.54, 1.807) is 4.90 Å². The van der Waals surface area contributed by atoms with Crippen LogP contribution in [0.5, 0.6) is 0 Å². The molecule has 0 fully saturated rings. The fourth-order valence-electron chi connectivity index (χ4n) is 2.28. The molecule has 0 aromatic heterocycles. The van der Waals surface area contributed by atoms with E-state index in [1.165, 1.54) is 5.56 Å². The molecular formula is C17H19NO2. The Bertz CT molecular complexity index is 563. The molecule has 2 rings (SSSR count). The summed E-state index contributed by atoms with van der Waals surface area (Å²) >= 11 is 0. The smallest absolute Gasteiger partial charge is 0.331 e. The van der Waals surface area contributed by atoms with Gasteiger partial charge in [0.1, 0.15) is 0 Å².